The first kappa shape index (κ1) is 19.6. The second-order valence-electron chi connectivity index (χ2n) is 6.72. The first-order valence-electron chi connectivity index (χ1n) is 8.84. The third-order valence-electron chi connectivity index (χ3n) is 4.86. The van der Waals surface area contributed by atoms with E-state index in [9.17, 15) is 22.6 Å². The molecule has 0 aliphatic heterocycles. The Morgan fingerprint density at radius 1 is 0.933 bits per heavy atom. The molecule has 30 heavy (non-hydrogen) atoms. The van der Waals surface area contributed by atoms with Gasteiger partial charge in [0.15, 0.2) is 11.6 Å². The van der Waals surface area contributed by atoms with Gasteiger partial charge < -0.3 is 11.1 Å². The lowest BCUT2D eigenvalue weighted by Gasteiger charge is -2.22. The fourth-order valence-electron chi connectivity index (χ4n) is 3.54. The average Bonchev–Trinajstić information content (AvgIpc) is 2.71. The van der Waals surface area contributed by atoms with E-state index in [2.05, 4.69) is 11.9 Å². The lowest BCUT2D eigenvalue weighted by atomic mass is 9.83. The third kappa shape index (κ3) is 3.08. The first-order chi connectivity index (χ1) is 14.2. The van der Waals surface area contributed by atoms with Gasteiger partial charge in [-0.2, -0.15) is 8.42 Å². The maximum atomic E-state index is 13.0. The van der Waals surface area contributed by atoms with Crippen molar-refractivity contribution in [1.82, 2.24) is 0 Å². The molecule has 0 amide bonds. The SMILES string of the molecule is C=Cc1cccc(Nc2cc3c(c(N)c2S(=O)(=O)O)C(=O)c2ccccc2C3=O)c1. The Kier molecular flexibility index (Phi) is 4.53. The maximum Gasteiger partial charge on any atom is 0.298 e. The number of carbonyl (C=O) groups excluding carboxylic acids is 2. The Bertz CT molecular complexity index is 1360. The van der Waals surface area contributed by atoms with E-state index in [4.69, 9.17) is 5.73 Å². The Morgan fingerprint density at radius 3 is 2.23 bits per heavy atom. The molecule has 4 rings (SSSR count). The number of rotatable bonds is 4. The topological polar surface area (TPSA) is 127 Å². The number of hydrogen-bond acceptors (Lipinski definition) is 6. The molecular weight excluding hydrogens is 404 g/mol. The summed E-state index contributed by atoms with van der Waals surface area (Å²) in [5.41, 5.74) is 6.74. The number of nitrogens with one attached hydrogen (secondary N) is 1. The molecule has 3 aromatic carbocycles. The molecule has 0 saturated heterocycles. The molecule has 0 unspecified atom stereocenters. The fourth-order valence-corrected chi connectivity index (χ4v) is 4.31. The van der Waals surface area contributed by atoms with Gasteiger partial charge in [-0.1, -0.05) is 49.1 Å². The van der Waals surface area contributed by atoms with Gasteiger partial charge in [0.2, 0.25) is 0 Å². The van der Waals surface area contributed by atoms with E-state index in [1.54, 1.807) is 42.5 Å². The lowest BCUT2D eigenvalue weighted by Crippen LogP contribution is -2.24. The predicted molar refractivity (Wildman–Crippen MR) is 114 cm³/mol. The molecule has 0 atom stereocenters. The van der Waals surface area contributed by atoms with Gasteiger partial charge in [-0.3, -0.25) is 14.1 Å². The monoisotopic (exact) mass is 420 g/mol. The van der Waals surface area contributed by atoms with Crippen LogP contribution in [0, 0.1) is 0 Å². The normalized spacial score (nSPS) is 12.8. The van der Waals surface area contributed by atoms with Crippen LogP contribution in [0.2, 0.25) is 0 Å². The van der Waals surface area contributed by atoms with Gasteiger partial charge in [-0.05, 0) is 23.8 Å². The molecular formula is C22H16N2O5S. The van der Waals surface area contributed by atoms with Gasteiger partial charge in [0.25, 0.3) is 10.1 Å². The van der Waals surface area contributed by atoms with Crippen molar-refractivity contribution in [2.75, 3.05) is 11.1 Å². The Balaban J connectivity index is 1.98. The van der Waals surface area contributed by atoms with Gasteiger partial charge in [-0.15, -0.1) is 0 Å². The van der Waals surface area contributed by atoms with Crippen LogP contribution in [-0.4, -0.2) is 24.5 Å². The summed E-state index contributed by atoms with van der Waals surface area (Å²) in [5.74, 6) is -1.04. The van der Waals surface area contributed by atoms with Gasteiger partial charge >= 0.3 is 0 Å². The molecule has 150 valence electrons. The molecule has 0 radical (unpaired) electrons. The average molecular weight is 420 g/mol. The van der Waals surface area contributed by atoms with Crippen molar-refractivity contribution in [1.29, 1.82) is 0 Å². The highest BCUT2D eigenvalue weighted by molar-refractivity contribution is 7.86. The van der Waals surface area contributed by atoms with Crippen molar-refractivity contribution in [2.24, 2.45) is 0 Å². The third-order valence-corrected chi connectivity index (χ3v) is 5.82. The molecule has 7 nitrogen and oxygen atoms in total. The highest BCUT2D eigenvalue weighted by Gasteiger charge is 2.35. The summed E-state index contributed by atoms with van der Waals surface area (Å²) >= 11 is 0. The largest absolute Gasteiger partial charge is 0.397 e. The summed E-state index contributed by atoms with van der Waals surface area (Å²) in [6.07, 6.45) is 1.61. The lowest BCUT2D eigenvalue weighted by molar-refractivity contribution is 0.0979. The van der Waals surface area contributed by atoms with Crippen molar-refractivity contribution >= 4 is 44.8 Å². The van der Waals surface area contributed by atoms with Gasteiger partial charge in [0, 0.05) is 22.4 Å². The Hall–Kier alpha value is -3.75. The molecule has 0 aromatic heterocycles. The van der Waals surface area contributed by atoms with Gasteiger partial charge in [0.05, 0.1) is 16.9 Å². The number of benzene rings is 3. The number of ketones is 2. The minimum Gasteiger partial charge on any atom is -0.397 e. The van der Waals surface area contributed by atoms with E-state index in [0.717, 1.165) is 5.56 Å². The van der Waals surface area contributed by atoms with E-state index in [0.29, 0.717) is 5.69 Å². The molecule has 0 spiro atoms. The van der Waals surface area contributed by atoms with E-state index in [1.165, 1.54) is 18.2 Å². The number of nitrogen functional groups attached to an aromatic ring is 1. The summed E-state index contributed by atoms with van der Waals surface area (Å²) in [7, 11) is -4.82. The molecule has 8 heteroatoms. The van der Waals surface area contributed by atoms with E-state index >= 15 is 0 Å². The zero-order chi connectivity index (χ0) is 21.6. The summed E-state index contributed by atoms with van der Waals surface area (Å²) in [6.45, 7) is 3.68. The van der Waals surface area contributed by atoms with E-state index < -0.39 is 32.3 Å². The molecule has 1 aliphatic rings. The highest BCUT2D eigenvalue weighted by atomic mass is 32.2. The van der Waals surface area contributed by atoms with Crippen LogP contribution >= 0.6 is 0 Å². The fraction of sp³-hybridized carbons (Fsp3) is 0. The van der Waals surface area contributed by atoms with Gasteiger partial charge in [0.1, 0.15) is 4.90 Å². The van der Waals surface area contributed by atoms with Crippen LogP contribution in [0.25, 0.3) is 6.08 Å². The van der Waals surface area contributed by atoms with Crippen LogP contribution in [-0.2, 0) is 10.1 Å². The van der Waals surface area contributed by atoms with Crippen LogP contribution in [0.3, 0.4) is 0 Å². The van der Waals surface area contributed by atoms with Gasteiger partial charge in [-0.25, -0.2) is 0 Å². The summed E-state index contributed by atoms with van der Waals surface area (Å²) in [6, 6.07) is 14.3. The van der Waals surface area contributed by atoms with Crippen molar-refractivity contribution in [2.45, 2.75) is 4.90 Å². The second-order valence-corrected chi connectivity index (χ2v) is 8.08. The summed E-state index contributed by atoms with van der Waals surface area (Å²) < 4.78 is 34.1. The first-order valence-corrected chi connectivity index (χ1v) is 10.3. The van der Waals surface area contributed by atoms with Crippen molar-refractivity contribution in [3.63, 3.8) is 0 Å². The summed E-state index contributed by atoms with van der Waals surface area (Å²) in [5, 5.41) is 2.87. The molecule has 0 bridgehead atoms. The van der Waals surface area contributed by atoms with Crippen LogP contribution in [0.15, 0.2) is 66.1 Å². The standard InChI is InChI=1S/C22H16N2O5S/c1-2-12-6-5-7-13(10-12)24-17-11-16-18(19(23)22(17)30(27,28)29)21(26)15-9-4-3-8-14(15)20(16)25/h2-11,24H,1,23H2,(H,27,28,29). The van der Waals surface area contributed by atoms with Crippen molar-refractivity contribution < 1.29 is 22.6 Å². The number of fused-ring (bicyclic) bond motifs is 2. The number of hydrogen-bond donors (Lipinski definition) is 3. The maximum absolute atomic E-state index is 13.0. The molecule has 0 fully saturated rings. The minimum absolute atomic E-state index is 0.0361. The number of nitrogens with two attached hydrogens (primary N) is 1. The summed E-state index contributed by atoms with van der Waals surface area (Å²) in [4.78, 5) is 25.3. The van der Waals surface area contributed by atoms with Crippen LogP contribution < -0.4 is 11.1 Å². The molecule has 1 aliphatic carbocycles. The second kappa shape index (κ2) is 6.94. The van der Waals surface area contributed by atoms with Crippen molar-refractivity contribution in [3.05, 3.63) is 89.0 Å². The Labute approximate surface area is 172 Å². The smallest absolute Gasteiger partial charge is 0.298 e. The number of carbonyl (C=O) groups is 2. The quantitative estimate of drug-likeness (QED) is 0.339. The van der Waals surface area contributed by atoms with Crippen LogP contribution in [0.1, 0.15) is 37.4 Å². The molecule has 0 heterocycles. The minimum atomic E-state index is -4.82. The van der Waals surface area contributed by atoms with E-state index in [-0.39, 0.29) is 27.9 Å². The predicted octanol–water partition coefficient (Wildman–Crippen LogP) is 3.68. The highest BCUT2D eigenvalue weighted by Crippen LogP contribution is 2.39. The van der Waals surface area contributed by atoms with Crippen LogP contribution in [0.5, 0.6) is 0 Å². The number of anilines is 3. The zero-order valence-corrected chi connectivity index (χ0v) is 16.4. The van der Waals surface area contributed by atoms with Crippen molar-refractivity contribution in [3.8, 4) is 0 Å². The van der Waals surface area contributed by atoms with E-state index in [1.807, 2.05) is 0 Å². The molecule has 4 N–H and O–H groups in total. The van der Waals surface area contributed by atoms with Crippen LogP contribution in [0.4, 0.5) is 17.1 Å². The Morgan fingerprint density at radius 2 is 1.60 bits per heavy atom. The molecule has 0 saturated carbocycles. The zero-order valence-electron chi connectivity index (χ0n) is 15.5. The molecule has 3 aromatic rings.